The van der Waals surface area contributed by atoms with Crippen LogP contribution in [0, 0.1) is 6.92 Å². The van der Waals surface area contributed by atoms with E-state index >= 15 is 0 Å². The molecule has 1 aliphatic heterocycles. The quantitative estimate of drug-likeness (QED) is 0.485. The van der Waals surface area contributed by atoms with E-state index in [0.29, 0.717) is 12.9 Å². The molecule has 0 N–H and O–H groups in total. The number of fused-ring (bicyclic) bond motifs is 1. The third kappa shape index (κ3) is 1.20. The van der Waals surface area contributed by atoms with Crippen molar-refractivity contribution >= 4 is 32.5 Å². The van der Waals surface area contributed by atoms with Gasteiger partial charge in [0.25, 0.3) is 0 Å². The monoisotopic (exact) mass is 229 g/mol. The van der Waals surface area contributed by atoms with Crippen LogP contribution in [-0.4, -0.2) is 12.9 Å². The summed E-state index contributed by atoms with van der Waals surface area (Å²) in [5, 5.41) is 0. The van der Waals surface area contributed by atoms with Crippen molar-refractivity contribution in [2.45, 2.75) is 16.7 Å². The molecule has 0 nitrogen and oxygen atoms in total. The second-order valence-electron chi connectivity index (χ2n) is 2.21. The Hall–Kier alpha value is 0.348. The molecule has 0 atom stereocenters. The normalized spacial score (nSPS) is 15.3. The van der Waals surface area contributed by atoms with Crippen LogP contribution < -0.4 is 0 Å². The molecule has 0 radical (unpaired) electrons. The topological polar surface area (TPSA) is 0 Å². The summed E-state index contributed by atoms with van der Waals surface area (Å²) in [6.45, 7) is 2.15. The summed E-state index contributed by atoms with van der Waals surface area (Å²) in [5.41, 5.74) is 1.38. The van der Waals surface area contributed by atoms with Crippen molar-refractivity contribution < 1.29 is 0 Å². The summed E-state index contributed by atoms with van der Waals surface area (Å²) in [5.74, 6) is 0. The Morgan fingerprint density at radius 3 is 3.30 bits per heavy atom. The van der Waals surface area contributed by atoms with Gasteiger partial charge in [-0.3, -0.25) is 0 Å². The molecule has 0 amide bonds. The van der Waals surface area contributed by atoms with Crippen molar-refractivity contribution in [3.8, 4) is 0 Å². The zero-order valence-electron chi connectivity index (χ0n) is 5.50. The molecule has 0 aliphatic carbocycles. The molecule has 0 aromatic heterocycles. The van der Waals surface area contributed by atoms with Crippen molar-refractivity contribution in [2.24, 2.45) is 0 Å². The first kappa shape index (κ1) is 7.02. The summed E-state index contributed by atoms with van der Waals surface area (Å²) in [4.78, 5) is 3.00. The average Bonchev–Trinajstić information content (AvgIpc) is 2.33. The second kappa shape index (κ2) is 2.77. The van der Waals surface area contributed by atoms with E-state index in [2.05, 4.69) is 25.1 Å². The van der Waals surface area contributed by atoms with Crippen LogP contribution in [0.4, 0.5) is 0 Å². The first-order valence-corrected chi connectivity index (χ1v) is 9.15. The first-order chi connectivity index (χ1) is 4.86. The second-order valence-corrected chi connectivity index (χ2v) is 9.16. The van der Waals surface area contributed by atoms with Crippen LogP contribution in [0.2, 0.25) is 0 Å². The zero-order valence-corrected chi connectivity index (χ0v) is 9.01. The number of aryl methyl sites for hydroxylation is 1. The van der Waals surface area contributed by atoms with Crippen molar-refractivity contribution in [2.75, 3.05) is 0 Å². The molecule has 0 unspecified atom stereocenters. The van der Waals surface area contributed by atoms with E-state index in [4.69, 9.17) is 0 Å². The van der Waals surface area contributed by atoms with Crippen molar-refractivity contribution in [3.05, 3.63) is 23.8 Å². The average molecular weight is 229 g/mol. The number of rotatable bonds is 0. The molecule has 50 valence electrons. The maximum absolute atomic E-state index is 2.29. The maximum atomic E-state index is 2.29. The molecule has 0 bridgehead atoms. The molecule has 1 aliphatic rings. The van der Waals surface area contributed by atoms with Crippen molar-refractivity contribution in [1.82, 2.24) is 0 Å². The molecular formula is C7H6AsS2+. The molecule has 3 heteroatoms. The Morgan fingerprint density at radius 2 is 2.40 bits per heavy atom. The molecule has 0 spiro atoms. The van der Waals surface area contributed by atoms with E-state index in [1.54, 1.807) is 0 Å². The fourth-order valence-electron chi connectivity index (χ4n) is 0.861. The van der Waals surface area contributed by atoms with Crippen molar-refractivity contribution in [3.63, 3.8) is 0 Å². The van der Waals surface area contributed by atoms with Crippen LogP contribution in [0.5, 0.6) is 0 Å². The van der Waals surface area contributed by atoms with Gasteiger partial charge < -0.3 is 0 Å². The van der Waals surface area contributed by atoms with Crippen LogP contribution in [-0.2, 0) is 9.53 Å². The van der Waals surface area contributed by atoms with Crippen LogP contribution >= 0.6 is 10.0 Å². The minimum atomic E-state index is 0.460. The number of hydrogen-bond donors (Lipinski definition) is 0. The zero-order chi connectivity index (χ0) is 6.97. The fourth-order valence-corrected chi connectivity index (χ4v) is 9.07. The van der Waals surface area contributed by atoms with E-state index in [0.717, 1.165) is 0 Å². The van der Waals surface area contributed by atoms with Gasteiger partial charge in [0, 0.05) is 0 Å². The molecule has 10 heavy (non-hydrogen) atoms. The van der Waals surface area contributed by atoms with Gasteiger partial charge in [-0.1, -0.05) is 0 Å². The summed E-state index contributed by atoms with van der Waals surface area (Å²) in [6.07, 6.45) is 0. The third-order valence-electron chi connectivity index (χ3n) is 1.37. The van der Waals surface area contributed by atoms with Crippen LogP contribution in [0.3, 0.4) is 0 Å². The van der Waals surface area contributed by atoms with Crippen LogP contribution in [0.15, 0.2) is 28.0 Å². The van der Waals surface area contributed by atoms with E-state index in [1.165, 1.54) is 15.4 Å². The predicted molar refractivity (Wildman–Crippen MR) is 48.4 cm³/mol. The Kier molecular flexibility index (Phi) is 1.94. The van der Waals surface area contributed by atoms with Gasteiger partial charge in [0.2, 0.25) is 0 Å². The first-order valence-electron chi connectivity index (χ1n) is 3.01. The van der Waals surface area contributed by atoms with Gasteiger partial charge in [0.05, 0.1) is 0 Å². The van der Waals surface area contributed by atoms with E-state index in [1.807, 2.05) is 19.5 Å². The summed E-state index contributed by atoms with van der Waals surface area (Å²) in [6, 6.07) is 6.72. The molecule has 0 fully saturated rings. The summed E-state index contributed by atoms with van der Waals surface area (Å²) in [7, 11) is 4.07. The Bertz CT molecular complexity index is 294. The van der Waals surface area contributed by atoms with E-state index in [-0.39, 0.29) is 0 Å². The molecule has 1 aromatic carbocycles. The Morgan fingerprint density at radius 1 is 1.50 bits per heavy atom. The van der Waals surface area contributed by atoms with E-state index < -0.39 is 0 Å². The molecule has 1 heterocycles. The minimum absolute atomic E-state index is 0.460. The predicted octanol–water partition coefficient (Wildman–Crippen LogP) is 2.08. The van der Waals surface area contributed by atoms with Crippen LogP contribution in [0.25, 0.3) is 0 Å². The Balaban J connectivity index is 2.60. The van der Waals surface area contributed by atoms with Crippen molar-refractivity contribution in [1.29, 1.82) is 0 Å². The Labute approximate surface area is 72.8 Å². The van der Waals surface area contributed by atoms with Gasteiger partial charge in [0.1, 0.15) is 0 Å². The number of hydrogen-bond acceptors (Lipinski definition) is 1. The number of benzene rings is 1. The standard InChI is InChI=1S/C7H6AsS2/c1-5-2-3-6-7(4-5)10-8-9-6/h2-4H,1H3/q+1. The van der Waals surface area contributed by atoms with Gasteiger partial charge >= 0.3 is 72.9 Å². The van der Waals surface area contributed by atoms with Gasteiger partial charge in [0.15, 0.2) is 0 Å². The van der Waals surface area contributed by atoms with Gasteiger partial charge in [-0.05, 0) is 0 Å². The summed E-state index contributed by atoms with van der Waals surface area (Å²) < 4.78 is 0. The van der Waals surface area contributed by atoms with Gasteiger partial charge in [-0.2, -0.15) is 0 Å². The molecule has 2 rings (SSSR count). The molecule has 0 saturated heterocycles. The molecule has 1 aromatic rings. The van der Waals surface area contributed by atoms with Gasteiger partial charge in [-0.15, -0.1) is 0 Å². The summed E-state index contributed by atoms with van der Waals surface area (Å²) >= 11 is 0.460. The van der Waals surface area contributed by atoms with Crippen LogP contribution in [0.1, 0.15) is 5.56 Å². The third-order valence-corrected chi connectivity index (χ3v) is 8.47. The molecular weight excluding hydrogens is 223 g/mol. The SMILES string of the molecule is Cc1ccc2c(c1)[S+]=[As]S2. The van der Waals surface area contributed by atoms with E-state index in [9.17, 15) is 0 Å². The molecule has 0 saturated carbocycles. The van der Waals surface area contributed by atoms with Gasteiger partial charge in [-0.25, -0.2) is 0 Å². The fraction of sp³-hybridized carbons (Fsp3) is 0.143.